The fourth-order valence-electron chi connectivity index (χ4n) is 1.93. The van der Waals surface area contributed by atoms with E-state index in [4.69, 9.17) is 4.74 Å². The number of methoxy groups -OCH3 is 1. The predicted octanol–water partition coefficient (Wildman–Crippen LogP) is 1.05. The van der Waals surface area contributed by atoms with E-state index in [0.717, 1.165) is 44.6 Å². The first-order valence-electron chi connectivity index (χ1n) is 5.78. The molecule has 4 nitrogen and oxygen atoms in total. The minimum absolute atomic E-state index is 0. The number of halogens is 1. The van der Waals surface area contributed by atoms with Gasteiger partial charge in [-0.25, -0.2) is 0 Å². The van der Waals surface area contributed by atoms with Gasteiger partial charge in [-0.3, -0.25) is 4.79 Å². The number of hydrogen-bond acceptors (Lipinski definition) is 4. The number of hydrogen-bond donors (Lipinski definition) is 2. The summed E-state index contributed by atoms with van der Waals surface area (Å²) < 4.78 is 5.44. The van der Waals surface area contributed by atoms with Crippen LogP contribution in [0.25, 0.3) is 0 Å². The summed E-state index contributed by atoms with van der Waals surface area (Å²) in [5.74, 6) is 1.14. The zero-order valence-electron chi connectivity index (χ0n) is 10.6. The minimum Gasteiger partial charge on any atom is -0.368 e. The lowest BCUT2D eigenvalue weighted by Crippen LogP contribution is -2.54. The van der Waals surface area contributed by atoms with Crippen molar-refractivity contribution in [3.63, 3.8) is 0 Å². The second-order valence-electron chi connectivity index (χ2n) is 4.05. The van der Waals surface area contributed by atoms with E-state index in [1.54, 1.807) is 18.9 Å². The zero-order chi connectivity index (χ0) is 11.9. The maximum absolute atomic E-state index is 12.0. The summed E-state index contributed by atoms with van der Waals surface area (Å²) in [7, 11) is 1.63. The number of rotatable bonds is 6. The Morgan fingerprint density at radius 2 is 2.12 bits per heavy atom. The molecule has 1 saturated heterocycles. The lowest BCUT2D eigenvalue weighted by atomic mass is 9.91. The molecule has 0 unspecified atom stereocenters. The van der Waals surface area contributed by atoms with E-state index in [1.165, 1.54) is 0 Å². The van der Waals surface area contributed by atoms with E-state index in [2.05, 4.69) is 16.9 Å². The van der Waals surface area contributed by atoms with E-state index < -0.39 is 5.60 Å². The van der Waals surface area contributed by atoms with Crippen molar-refractivity contribution >= 4 is 30.1 Å². The van der Waals surface area contributed by atoms with Crippen LogP contribution in [0.4, 0.5) is 0 Å². The number of thioether (sulfide) groups is 1. The number of carbonyl (C=O) groups is 1. The van der Waals surface area contributed by atoms with Gasteiger partial charge < -0.3 is 15.4 Å². The summed E-state index contributed by atoms with van der Waals surface area (Å²) in [6.45, 7) is 2.45. The molecular formula is C11H23ClN2O2S. The summed E-state index contributed by atoms with van der Waals surface area (Å²) in [4.78, 5) is 12.0. The summed E-state index contributed by atoms with van der Waals surface area (Å²) in [5, 5.41) is 6.22. The molecule has 0 atom stereocenters. The fraction of sp³-hybridized carbons (Fsp3) is 0.909. The summed E-state index contributed by atoms with van der Waals surface area (Å²) in [6, 6.07) is 0. The van der Waals surface area contributed by atoms with Gasteiger partial charge in [0.25, 0.3) is 5.91 Å². The van der Waals surface area contributed by atoms with E-state index >= 15 is 0 Å². The molecule has 102 valence electrons. The Morgan fingerprint density at radius 1 is 1.47 bits per heavy atom. The molecule has 1 aliphatic rings. The number of piperidine rings is 1. The van der Waals surface area contributed by atoms with Crippen molar-refractivity contribution in [2.45, 2.75) is 24.9 Å². The Balaban J connectivity index is 0.00000256. The van der Waals surface area contributed by atoms with Crippen molar-refractivity contribution < 1.29 is 9.53 Å². The standard InChI is InChI=1S/C11H22N2O2S.ClH/c1-15-11(4-7-12-8-5-11)10(14)13-6-3-9-16-2;/h12H,3-9H2,1-2H3,(H,13,14);1H. The Morgan fingerprint density at radius 3 is 2.65 bits per heavy atom. The lowest BCUT2D eigenvalue weighted by Gasteiger charge is -2.34. The molecule has 17 heavy (non-hydrogen) atoms. The molecule has 0 spiro atoms. The molecule has 0 aromatic rings. The molecule has 1 amide bonds. The Bertz CT molecular complexity index is 224. The average Bonchev–Trinajstić information content (AvgIpc) is 2.35. The first-order chi connectivity index (χ1) is 7.75. The fourth-order valence-corrected chi connectivity index (χ4v) is 2.37. The van der Waals surface area contributed by atoms with E-state index in [9.17, 15) is 4.79 Å². The molecule has 0 aromatic carbocycles. The van der Waals surface area contributed by atoms with Gasteiger partial charge in [-0.05, 0) is 44.4 Å². The van der Waals surface area contributed by atoms with Crippen molar-refractivity contribution in [3.05, 3.63) is 0 Å². The minimum atomic E-state index is -0.593. The first-order valence-corrected chi connectivity index (χ1v) is 7.18. The highest BCUT2D eigenvalue weighted by atomic mass is 35.5. The lowest BCUT2D eigenvalue weighted by molar-refractivity contribution is -0.146. The van der Waals surface area contributed by atoms with Crippen LogP contribution in [0.3, 0.4) is 0 Å². The van der Waals surface area contributed by atoms with Crippen molar-refractivity contribution in [3.8, 4) is 0 Å². The molecule has 1 heterocycles. The Hall–Kier alpha value is 0.0300. The van der Waals surface area contributed by atoms with Gasteiger partial charge in [0.2, 0.25) is 0 Å². The van der Waals surface area contributed by atoms with Crippen LogP contribution < -0.4 is 10.6 Å². The van der Waals surface area contributed by atoms with Gasteiger partial charge in [0.15, 0.2) is 0 Å². The van der Waals surface area contributed by atoms with Crippen LogP contribution in [-0.4, -0.2) is 50.3 Å². The maximum Gasteiger partial charge on any atom is 0.252 e. The molecule has 0 radical (unpaired) electrons. The molecule has 2 N–H and O–H groups in total. The average molecular weight is 283 g/mol. The number of nitrogens with one attached hydrogen (secondary N) is 2. The smallest absolute Gasteiger partial charge is 0.252 e. The first kappa shape index (κ1) is 17.0. The molecule has 1 rings (SSSR count). The predicted molar refractivity (Wildman–Crippen MR) is 75.1 cm³/mol. The molecule has 0 aliphatic carbocycles. The van der Waals surface area contributed by atoms with Gasteiger partial charge in [0.05, 0.1) is 0 Å². The van der Waals surface area contributed by atoms with Crippen molar-refractivity contribution in [2.75, 3.05) is 38.8 Å². The van der Waals surface area contributed by atoms with Gasteiger partial charge in [0.1, 0.15) is 5.60 Å². The maximum atomic E-state index is 12.0. The van der Waals surface area contributed by atoms with Gasteiger partial charge in [-0.1, -0.05) is 0 Å². The van der Waals surface area contributed by atoms with Crippen LogP contribution in [0.5, 0.6) is 0 Å². The Labute approximate surface area is 114 Å². The van der Waals surface area contributed by atoms with Crippen molar-refractivity contribution in [1.29, 1.82) is 0 Å². The molecule has 0 aromatic heterocycles. The summed E-state index contributed by atoms with van der Waals surface area (Å²) >= 11 is 1.80. The number of carbonyl (C=O) groups excluding carboxylic acids is 1. The highest BCUT2D eigenvalue weighted by Crippen LogP contribution is 2.22. The third-order valence-corrected chi connectivity index (χ3v) is 3.72. The van der Waals surface area contributed by atoms with Crippen LogP contribution >= 0.6 is 24.2 Å². The Kier molecular flexibility index (Phi) is 9.04. The van der Waals surface area contributed by atoms with Crippen LogP contribution in [-0.2, 0) is 9.53 Å². The van der Waals surface area contributed by atoms with Crippen LogP contribution in [0.2, 0.25) is 0 Å². The molecular weight excluding hydrogens is 260 g/mol. The monoisotopic (exact) mass is 282 g/mol. The molecule has 6 heteroatoms. The molecule has 1 aliphatic heterocycles. The SMILES string of the molecule is COC1(C(=O)NCCCSC)CCNCC1.Cl. The molecule has 1 fully saturated rings. The number of amides is 1. The summed E-state index contributed by atoms with van der Waals surface area (Å²) in [5.41, 5.74) is -0.593. The van der Waals surface area contributed by atoms with Gasteiger partial charge in [0, 0.05) is 13.7 Å². The van der Waals surface area contributed by atoms with E-state index in [1.807, 2.05) is 0 Å². The van der Waals surface area contributed by atoms with Crippen LogP contribution in [0.15, 0.2) is 0 Å². The normalized spacial score (nSPS) is 18.2. The second kappa shape index (κ2) is 9.03. The highest BCUT2D eigenvalue weighted by Gasteiger charge is 2.39. The van der Waals surface area contributed by atoms with Gasteiger partial charge in [-0.2, -0.15) is 11.8 Å². The third-order valence-electron chi connectivity index (χ3n) is 3.03. The topological polar surface area (TPSA) is 50.4 Å². The van der Waals surface area contributed by atoms with Crippen LogP contribution in [0, 0.1) is 0 Å². The molecule has 0 saturated carbocycles. The van der Waals surface area contributed by atoms with Gasteiger partial charge >= 0.3 is 0 Å². The van der Waals surface area contributed by atoms with E-state index in [-0.39, 0.29) is 18.3 Å². The van der Waals surface area contributed by atoms with E-state index in [0.29, 0.717) is 0 Å². The zero-order valence-corrected chi connectivity index (χ0v) is 12.2. The number of ether oxygens (including phenoxy) is 1. The second-order valence-corrected chi connectivity index (χ2v) is 5.04. The van der Waals surface area contributed by atoms with Crippen molar-refractivity contribution in [1.82, 2.24) is 10.6 Å². The van der Waals surface area contributed by atoms with Gasteiger partial charge in [-0.15, -0.1) is 12.4 Å². The van der Waals surface area contributed by atoms with Crippen molar-refractivity contribution in [2.24, 2.45) is 0 Å². The highest BCUT2D eigenvalue weighted by molar-refractivity contribution is 7.98. The third kappa shape index (κ3) is 5.04. The summed E-state index contributed by atoms with van der Waals surface area (Å²) in [6.07, 6.45) is 4.62. The quantitative estimate of drug-likeness (QED) is 0.715. The molecule has 0 bridgehead atoms. The largest absolute Gasteiger partial charge is 0.368 e. The van der Waals surface area contributed by atoms with Crippen LogP contribution in [0.1, 0.15) is 19.3 Å².